The van der Waals surface area contributed by atoms with Gasteiger partial charge in [-0.15, -0.1) is 22.7 Å². The average Bonchev–Trinajstić information content (AvgIpc) is 3.82. The molecule has 6 heteroatoms. The molecule has 6 aromatic carbocycles. The Morgan fingerprint density at radius 3 is 1.92 bits per heavy atom. The van der Waals surface area contributed by atoms with Crippen molar-refractivity contribution in [2.45, 2.75) is 12.3 Å². The standard InChI is InChI=1S/C44H29N3OS2/c1-2-8-34(9-3-1)47-37-24-22-32(28-14-18-30(19-15-28)43-45-35-10-4-6-12-41(35)49-43)26-39(37)48-40-27-33(23-25-38(40)47)29-16-20-31(21-17-29)44-46-36-11-5-7-13-42(36)50-44/h1-16,18-27,29H,17H2. The van der Waals surface area contributed by atoms with Crippen molar-refractivity contribution in [3.63, 3.8) is 0 Å². The molecule has 10 rings (SSSR count). The fraction of sp³-hybridized carbons (Fsp3) is 0.0455. The average molecular weight is 680 g/mol. The van der Waals surface area contributed by atoms with Gasteiger partial charge in [0.25, 0.3) is 0 Å². The predicted molar refractivity (Wildman–Crippen MR) is 209 cm³/mol. The Kier molecular flexibility index (Phi) is 6.96. The van der Waals surface area contributed by atoms with Crippen LogP contribution in [0, 0.1) is 0 Å². The summed E-state index contributed by atoms with van der Waals surface area (Å²) in [6, 6.07) is 49.1. The third-order valence-electron chi connectivity index (χ3n) is 9.49. The number of para-hydroxylation sites is 3. The van der Waals surface area contributed by atoms with Gasteiger partial charge in [-0.05, 0) is 83.8 Å². The minimum absolute atomic E-state index is 0.258. The van der Waals surface area contributed by atoms with E-state index in [-0.39, 0.29) is 5.92 Å². The van der Waals surface area contributed by atoms with Gasteiger partial charge in [0.2, 0.25) is 0 Å². The highest BCUT2D eigenvalue weighted by molar-refractivity contribution is 7.21. The summed E-state index contributed by atoms with van der Waals surface area (Å²) >= 11 is 3.48. The lowest BCUT2D eigenvalue weighted by Gasteiger charge is -2.34. The van der Waals surface area contributed by atoms with Gasteiger partial charge in [0.1, 0.15) is 10.0 Å². The summed E-state index contributed by atoms with van der Waals surface area (Å²) in [6.45, 7) is 0. The van der Waals surface area contributed by atoms with Gasteiger partial charge in [-0.1, -0.05) is 97.1 Å². The van der Waals surface area contributed by atoms with Crippen LogP contribution in [0.15, 0.2) is 158 Å². The number of thiazole rings is 2. The Balaban J connectivity index is 0.963. The van der Waals surface area contributed by atoms with Crippen LogP contribution in [-0.2, 0) is 0 Å². The number of fused-ring (bicyclic) bond motifs is 4. The zero-order valence-corrected chi connectivity index (χ0v) is 28.5. The van der Waals surface area contributed by atoms with Crippen molar-refractivity contribution < 1.29 is 4.74 Å². The first-order valence-corrected chi connectivity index (χ1v) is 18.4. The van der Waals surface area contributed by atoms with E-state index in [9.17, 15) is 0 Å². The number of nitrogens with zero attached hydrogens (tertiary/aromatic N) is 3. The zero-order chi connectivity index (χ0) is 33.0. The predicted octanol–water partition coefficient (Wildman–Crippen LogP) is 12.9. The minimum Gasteiger partial charge on any atom is -0.453 e. The van der Waals surface area contributed by atoms with Gasteiger partial charge >= 0.3 is 0 Å². The molecule has 1 aliphatic heterocycles. The molecule has 2 aromatic heterocycles. The van der Waals surface area contributed by atoms with Crippen molar-refractivity contribution >= 4 is 65.7 Å². The molecule has 1 atom stereocenters. The molecule has 4 nitrogen and oxygen atoms in total. The lowest BCUT2D eigenvalue weighted by Crippen LogP contribution is -2.16. The monoisotopic (exact) mass is 679 g/mol. The second-order valence-electron chi connectivity index (χ2n) is 12.6. The van der Waals surface area contributed by atoms with Crippen molar-refractivity contribution in [3.05, 3.63) is 168 Å². The van der Waals surface area contributed by atoms with Crippen LogP contribution in [0.1, 0.15) is 22.9 Å². The number of aromatic nitrogens is 2. The van der Waals surface area contributed by atoms with Gasteiger partial charge in [-0.25, -0.2) is 9.97 Å². The SMILES string of the molecule is C1=CC(c2ccc3c(c2)Oc2cc(-c4ccc(-c5nc6ccccc6s5)cc4)ccc2N3c2ccccc2)CC=C1c1nc2ccccc2s1. The molecule has 1 unspecified atom stereocenters. The Morgan fingerprint density at radius 1 is 0.580 bits per heavy atom. The number of hydrogen-bond acceptors (Lipinski definition) is 6. The molecule has 3 heterocycles. The molecule has 50 heavy (non-hydrogen) atoms. The quantitative estimate of drug-likeness (QED) is 0.181. The molecule has 0 fully saturated rings. The van der Waals surface area contributed by atoms with Crippen molar-refractivity contribution in [1.29, 1.82) is 0 Å². The number of benzene rings is 6. The first kappa shape index (κ1) is 29.1. The highest BCUT2D eigenvalue weighted by Gasteiger charge is 2.27. The van der Waals surface area contributed by atoms with Crippen molar-refractivity contribution in [3.8, 4) is 33.2 Å². The van der Waals surface area contributed by atoms with Gasteiger partial charge in [-0.3, -0.25) is 0 Å². The molecule has 0 saturated carbocycles. The van der Waals surface area contributed by atoms with Crippen LogP contribution in [0.4, 0.5) is 17.1 Å². The number of hydrogen-bond donors (Lipinski definition) is 0. The van der Waals surface area contributed by atoms with Crippen LogP contribution in [-0.4, -0.2) is 9.97 Å². The third kappa shape index (κ3) is 5.12. The van der Waals surface area contributed by atoms with E-state index < -0.39 is 0 Å². The van der Waals surface area contributed by atoms with E-state index >= 15 is 0 Å². The van der Waals surface area contributed by atoms with Gasteiger partial charge in [0, 0.05) is 22.7 Å². The van der Waals surface area contributed by atoms with Crippen LogP contribution in [0.3, 0.4) is 0 Å². The van der Waals surface area contributed by atoms with Gasteiger partial charge in [0.05, 0.1) is 31.8 Å². The summed E-state index contributed by atoms with van der Waals surface area (Å²) in [4.78, 5) is 12.0. The van der Waals surface area contributed by atoms with E-state index in [1.54, 1.807) is 22.7 Å². The second-order valence-corrected chi connectivity index (χ2v) is 14.7. The first-order valence-electron chi connectivity index (χ1n) is 16.8. The molecule has 0 bridgehead atoms. The van der Waals surface area contributed by atoms with Crippen molar-refractivity contribution in [2.75, 3.05) is 4.90 Å². The molecule has 0 saturated heterocycles. The normalized spacial score (nSPS) is 15.1. The topological polar surface area (TPSA) is 38.2 Å². The molecule has 0 radical (unpaired) electrons. The van der Waals surface area contributed by atoms with Crippen LogP contribution in [0.2, 0.25) is 0 Å². The Labute approximate surface area is 297 Å². The maximum Gasteiger partial charge on any atom is 0.152 e. The van der Waals surface area contributed by atoms with Gasteiger partial charge < -0.3 is 9.64 Å². The van der Waals surface area contributed by atoms with Gasteiger partial charge in [-0.2, -0.15) is 0 Å². The van der Waals surface area contributed by atoms with E-state index in [0.717, 1.165) is 72.7 Å². The van der Waals surface area contributed by atoms with Crippen LogP contribution in [0.25, 0.3) is 47.7 Å². The molecule has 238 valence electrons. The Morgan fingerprint density at radius 2 is 1.20 bits per heavy atom. The van der Waals surface area contributed by atoms with Crippen LogP contribution < -0.4 is 9.64 Å². The lowest BCUT2D eigenvalue weighted by atomic mass is 9.89. The third-order valence-corrected chi connectivity index (χ3v) is 11.7. The number of allylic oxidation sites excluding steroid dienone is 4. The highest BCUT2D eigenvalue weighted by Crippen LogP contribution is 2.52. The number of anilines is 3. The minimum atomic E-state index is 0.258. The molecule has 0 N–H and O–H groups in total. The van der Waals surface area contributed by atoms with E-state index in [0.29, 0.717) is 0 Å². The van der Waals surface area contributed by atoms with Gasteiger partial charge in [0.15, 0.2) is 11.5 Å². The summed E-state index contributed by atoms with van der Waals surface area (Å²) in [6.07, 6.45) is 7.77. The number of rotatable bonds is 5. The Hall–Kier alpha value is -5.82. The van der Waals surface area contributed by atoms with Crippen LogP contribution in [0.5, 0.6) is 11.5 Å². The maximum atomic E-state index is 6.78. The molecule has 1 aliphatic carbocycles. The molecule has 0 spiro atoms. The fourth-order valence-electron chi connectivity index (χ4n) is 6.91. The first-order chi connectivity index (χ1) is 24.7. The molecular weight excluding hydrogens is 651 g/mol. The summed E-state index contributed by atoms with van der Waals surface area (Å²) in [7, 11) is 0. The molecule has 2 aliphatic rings. The number of ether oxygens (including phenoxy) is 1. The van der Waals surface area contributed by atoms with E-state index in [1.807, 2.05) is 12.1 Å². The summed E-state index contributed by atoms with van der Waals surface area (Å²) in [5.74, 6) is 1.95. The maximum absolute atomic E-state index is 6.78. The van der Waals surface area contributed by atoms with E-state index in [1.165, 1.54) is 20.5 Å². The highest BCUT2D eigenvalue weighted by atomic mass is 32.1. The van der Waals surface area contributed by atoms with E-state index in [2.05, 4.69) is 151 Å². The molecule has 8 aromatic rings. The summed E-state index contributed by atoms with van der Waals surface area (Å²) < 4.78 is 9.20. The molecule has 0 amide bonds. The lowest BCUT2D eigenvalue weighted by molar-refractivity contribution is 0.476. The smallest absolute Gasteiger partial charge is 0.152 e. The Bertz CT molecular complexity index is 2550. The summed E-state index contributed by atoms with van der Waals surface area (Å²) in [5, 5.41) is 2.11. The largest absolute Gasteiger partial charge is 0.453 e. The van der Waals surface area contributed by atoms with Crippen LogP contribution >= 0.6 is 22.7 Å². The molecular formula is C44H29N3OS2. The fourth-order valence-corrected chi connectivity index (χ4v) is 8.87. The van der Waals surface area contributed by atoms with Crippen molar-refractivity contribution in [2.24, 2.45) is 0 Å². The zero-order valence-electron chi connectivity index (χ0n) is 26.9. The second kappa shape index (κ2) is 11.9. The summed E-state index contributed by atoms with van der Waals surface area (Å²) in [5.41, 5.74) is 11.0. The van der Waals surface area contributed by atoms with Crippen molar-refractivity contribution in [1.82, 2.24) is 9.97 Å². The van der Waals surface area contributed by atoms with E-state index in [4.69, 9.17) is 14.7 Å².